The Morgan fingerprint density at radius 2 is 1.69 bits per heavy atom. The summed E-state index contributed by atoms with van der Waals surface area (Å²) in [6.07, 6.45) is -0.192. The van der Waals surface area contributed by atoms with Crippen LogP contribution in [0.5, 0.6) is 0 Å². The Hall–Kier alpha value is -2.81. The van der Waals surface area contributed by atoms with Crippen molar-refractivity contribution in [3.05, 3.63) is 83.2 Å². The van der Waals surface area contributed by atoms with E-state index in [1.807, 2.05) is 30.3 Å². The Kier molecular flexibility index (Phi) is 6.28. The first-order valence-corrected chi connectivity index (χ1v) is 12.7. The van der Waals surface area contributed by atoms with Crippen LogP contribution >= 0.6 is 11.3 Å². The maximum absolute atomic E-state index is 13.5. The van der Waals surface area contributed by atoms with E-state index in [-0.39, 0.29) is 17.2 Å². The van der Waals surface area contributed by atoms with Crippen molar-refractivity contribution in [3.8, 4) is 0 Å². The highest BCUT2D eigenvalue weighted by molar-refractivity contribution is 7.91. The molecule has 166 valence electrons. The standard InChI is InChI=1S/C24H24N2O4S2/c1-17(2)19-10-12-20(13-11-19)26-22(27)15-21(24(26)28)25(16-18-7-4-3-5-8-18)32(29,30)23-9-6-14-31-23/h3-14,17,21H,15-16H2,1-2H3. The molecule has 2 amide bonds. The normalized spacial score (nSPS) is 17.0. The van der Waals surface area contributed by atoms with Crippen LogP contribution in [0.2, 0.25) is 0 Å². The molecule has 0 bridgehead atoms. The number of nitrogens with zero attached hydrogens (tertiary/aromatic N) is 2. The van der Waals surface area contributed by atoms with Crippen LogP contribution in [-0.2, 0) is 26.2 Å². The van der Waals surface area contributed by atoms with Gasteiger partial charge in [-0.25, -0.2) is 13.3 Å². The first-order chi connectivity index (χ1) is 15.3. The van der Waals surface area contributed by atoms with Crippen LogP contribution in [0.15, 0.2) is 76.3 Å². The van der Waals surface area contributed by atoms with Crippen LogP contribution in [0.3, 0.4) is 0 Å². The lowest BCUT2D eigenvalue weighted by Crippen LogP contribution is -2.44. The molecule has 32 heavy (non-hydrogen) atoms. The molecule has 1 fully saturated rings. The number of anilines is 1. The maximum Gasteiger partial charge on any atom is 0.253 e. The zero-order chi connectivity index (χ0) is 22.9. The maximum atomic E-state index is 13.5. The number of carbonyl (C=O) groups is 2. The lowest BCUT2D eigenvalue weighted by atomic mass is 10.0. The predicted molar refractivity (Wildman–Crippen MR) is 125 cm³/mol. The molecular formula is C24H24N2O4S2. The Bertz CT molecular complexity index is 1200. The fourth-order valence-corrected chi connectivity index (χ4v) is 6.46. The molecule has 0 saturated carbocycles. The lowest BCUT2D eigenvalue weighted by molar-refractivity contribution is -0.122. The average molecular weight is 469 g/mol. The minimum absolute atomic E-state index is 0.00485. The van der Waals surface area contributed by atoms with Gasteiger partial charge in [-0.3, -0.25) is 9.59 Å². The number of benzene rings is 2. The fraction of sp³-hybridized carbons (Fsp3) is 0.250. The summed E-state index contributed by atoms with van der Waals surface area (Å²) in [5.74, 6) is -0.612. The summed E-state index contributed by atoms with van der Waals surface area (Å²) in [5, 5.41) is 1.68. The molecule has 2 heterocycles. The largest absolute Gasteiger partial charge is 0.274 e. The number of hydrogen-bond donors (Lipinski definition) is 0. The van der Waals surface area contributed by atoms with Crippen LogP contribution < -0.4 is 4.90 Å². The SMILES string of the molecule is CC(C)c1ccc(N2C(=O)CC(N(Cc3ccccc3)S(=O)(=O)c3cccs3)C2=O)cc1. The van der Waals surface area contributed by atoms with Crippen molar-refractivity contribution in [3.63, 3.8) is 0 Å². The van der Waals surface area contributed by atoms with E-state index < -0.39 is 27.9 Å². The molecule has 3 aromatic rings. The lowest BCUT2D eigenvalue weighted by Gasteiger charge is -2.26. The second-order valence-electron chi connectivity index (χ2n) is 8.00. The summed E-state index contributed by atoms with van der Waals surface area (Å²) in [5.41, 5.74) is 2.29. The van der Waals surface area contributed by atoms with E-state index in [4.69, 9.17) is 0 Å². The monoisotopic (exact) mass is 468 g/mol. The summed E-state index contributed by atoms with van der Waals surface area (Å²) in [4.78, 5) is 27.4. The molecule has 1 atom stereocenters. The molecule has 2 aromatic carbocycles. The second kappa shape index (κ2) is 8.97. The third-order valence-electron chi connectivity index (χ3n) is 5.53. The Morgan fingerprint density at radius 3 is 2.28 bits per heavy atom. The van der Waals surface area contributed by atoms with Gasteiger partial charge in [-0.1, -0.05) is 62.4 Å². The first-order valence-electron chi connectivity index (χ1n) is 10.3. The average Bonchev–Trinajstić information content (AvgIpc) is 3.42. The third kappa shape index (κ3) is 4.26. The number of imide groups is 1. The van der Waals surface area contributed by atoms with E-state index in [1.54, 1.807) is 35.7 Å². The highest BCUT2D eigenvalue weighted by Crippen LogP contribution is 2.32. The quantitative estimate of drug-likeness (QED) is 0.482. The van der Waals surface area contributed by atoms with E-state index in [0.717, 1.165) is 31.7 Å². The minimum Gasteiger partial charge on any atom is -0.274 e. The smallest absolute Gasteiger partial charge is 0.253 e. The van der Waals surface area contributed by atoms with Gasteiger partial charge in [0.05, 0.1) is 12.1 Å². The molecule has 8 heteroatoms. The predicted octanol–water partition coefficient (Wildman–Crippen LogP) is 4.39. The molecule has 4 rings (SSSR count). The highest BCUT2D eigenvalue weighted by atomic mass is 32.2. The topological polar surface area (TPSA) is 74.8 Å². The summed E-state index contributed by atoms with van der Waals surface area (Å²) in [6.45, 7) is 4.13. The van der Waals surface area contributed by atoms with Gasteiger partial charge in [-0.2, -0.15) is 4.31 Å². The van der Waals surface area contributed by atoms with Crippen LogP contribution in [-0.4, -0.2) is 30.6 Å². The molecule has 1 aliphatic rings. The molecule has 0 N–H and O–H groups in total. The Balaban J connectivity index is 1.70. The fourth-order valence-electron chi connectivity index (χ4n) is 3.77. The van der Waals surface area contributed by atoms with Gasteiger partial charge in [0.15, 0.2) is 0 Å². The van der Waals surface area contributed by atoms with E-state index in [1.165, 1.54) is 6.07 Å². The van der Waals surface area contributed by atoms with E-state index in [2.05, 4.69) is 13.8 Å². The minimum atomic E-state index is -3.97. The summed E-state index contributed by atoms with van der Waals surface area (Å²) in [7, 11) is -3.97. The number of thiophene rings is 1. The zero-order valence-corrected chi connectivity index (χ0v) is 19.5. The molecule has 1 aromatic heterocycles. The molecule has 1 unspecified atom stereocenters. The van der Waals surface area contributed by atoms with Crippen LogP contribution in [0.1, 0.15) is 37.3 Å². The molecule has 6 nitrogen and oxygen atoms in total. The van der Waals surface area contributed by atoms with E-state index >= 15 is 0 Å². The van der Waals surface area contributed by atoms with Gasteiger partial charge in [0, 0.05) is 6.54 Å². The van der Waals surface area contributed by atoms with Crippen LogP contribution in [0, 0.1) is 0 Å². The summed E-state index contributed by atoms with van der Waals surface area (Å²) in [6, 6.07) is 18.4. The van der Waals surface area contributed by atoms with Crippen molar-refractivity contribution < 1.29 is 18.0 Å². The number of amides is 2. The van der Waals surface area contributed by atoms with Gasteiger partial charge in [0.1, 0.15) is 10.3 Å². The Morgan fingerprint density at radius 1 is 1.00 bits per heavy atom. The van der Waals surface area contributed by atoms with Crippen molar-refractivity contribution in [2.75, 3.05) is 4.90 Å². The number of sulfonamides is 1. The van der Waals surface area contributed by atoms with E-state index in [9.17, 15) is 18.0 Å². The van der Waals surface area contributed by atoms with Crippen molar-refractivity contribution >= 4 is 38.9 Å². The van der Waals surface area contributed by atoms with Crippen molar-refractivity contribution in [2.45, 2.75) is 43.0 Å². The van der Waals surface area contributed by atoms with Crippen molar-refractivity contribution in [1.29, 1.82) is 0 Å². The Labute approximate surface area is 192 Å². The van der Waals surface area contributed by atoms with E-state index in [0.29, 0.717) is 11.6 Å². The molecular weight excluding hydrogens is 444 g/mol. The highest BCUT2D eigenvalue weighted by Gasteiger charge is 2.47. The number of rotatable bonds is 7. The van der Waals surface area contributed by atoms with Gasteiger partial charge in [0.25, 0.3) is 15.9 Å². The van der Waals surface area contributed by atoms with Gasteiger partial charge < -0.3 is 0 Å². The molecule has 1 saturated heterocycles. The zero-order valence-electron chi connectivity index (χ0n) is 17.8. The van der Waals surface area contributed by atoms with Gasteiger partial charge >= 0.3 is 0 Å². The van der Waals surface area contributed by atoms with Gasteiger partial charge in [-0.15, -0.1) is 11.3 Å². The van der Waals surface area contributed by atoms with Gasteiger partial charge in [0.2, 0.25) is 5.91 Å². The summed E-state index contributed by atoms with van der Waals surface area (Å²) < 4.78 is 28.2. The number of hydrogen-bond acceptors (Lipinski definition) is 5. The molecule has 0 radical (unpaired) electrons. The molecule has 0 spiro atoms. The van der Waals surface area contributed by atoms with Crippen LogP contribution in [0.25, 0.3) is 0 Å². The van der Waals surface area contributed by atoms with Crippen molar-refractivity contribution in [2.24, 2.45) is 0 Å². The summed E-state index contributed by atoms with van der Waals surface area (Å²) >= 11 is 1.09. The van der Waals surface area contributed by atoms with Crippen molar-refractivity contribution in [1.82, 2.24) is 4.31 Å². The van der Waals surface area contributed by atoms with Gasteiger partial charge in [-0.05, 0) is 40.6 Å². The van der Waals surface area contributed by atoms with Crippen LogP contribution in [0.4, 0.5) is 5.69 Å². The second-order valence-corrected chi connectivity index (χ2v) is 11.1. The first kappa shape index (κ1) is 22.4. The molecule has 0 aliphatic carbocycles. The number of carbonyl (C=O) groups excluding carboxylic acids is 2. The molecule has 1 aliphatic heterocycles. The third-order valence-corrected chi connectivity index (χ3v) is 8.76.